The number of methoxy groups -OCH3 is 1. The van der Waals surface area contributed by atoms with Crippen LogP contribution in [0.3, 0.4) is 0 Å². The number of hydrogen-bond donors (Lipinski definition) is 2. The average Bonchev–Trinajstić information content (AvgIpc) is 3.01. The zero-order valence-electron chi connectivity index (χ0n) is 16.3. The van der Waals surface area contributed by atoms with Crippen LogP contribution in [0.1, 0.15) is 38.2 Å². The number of carbonyl (C=O) groups is 1. The van der Waals surface area contributed by atoms with E-state index in [-0.39, 0.29) is 30.1 Å². The van der Waals surface area contributed by atoms with Crippen molar-refractivity contribution >= 4 is 5.78 Å². The van der Waals surface area contributed by atoms with Gasteiger partial charge in [0.2, 0.25) is 0 Å². The fourth-order valence-corrected chi connectivity index (χ4v) is 7.05. The van der Waals surface area contributed by atoms with Crippen LogP contribution in [0, 0.1) is 28.6 Å². The van der Waals surface area contributed by atoms with Gasteiger partial charge in [-0.1, -0.05) is 55.8 Å². The number of Topliss-reactive ketones (excluding diaryl/α,β-unsaturated/α-hetero) is 1. The number of aliphatic hydroxyl groups excluding tert-OH is 1. The first-order chi connectivity index (χ1) is 12.9. The molecule has 0 radical (unpaired) electrons. The molecule has 3 aliphatic carbocycles. The quantitative estimate of drug-likeness (QED) is 0.596. The van der Waals surface area contributed by atoms with Gasteiger partial charge >= 0.3 is 0 Å². The van der Waals surface area contributed by atoms with E-state index < -0.39 is 16.6 Å². The van der Waals surface area contributed by atoms with Crippen molar-refractivity contribution in [2.24, 2.45) is 28.6 Å². The Kier molecular flexibility index (Phi) is 4.37. The Labute approximate surface area is 161 Å². The van der Waals surface area contributed by atoms with Crippen LogP contribution < -0.4 is 0 Å². The number of aliphatic hydroxyl groups is 2. The molecule has 0 amide bonds. The molecule has 3 fully saturated rings. The second-order valence-corrected chi connectivity index (χ2v) is 8.80. The fraction of sp³-hybridized carbons (Fsp3) is 0.609. The van der Waals surface area contributed by atoms with Gasteiger partial charge in [0.05, 0.1) is 5.41 Å². The number of carbonyl (C=O) groups excluding carboxylic acids is 1. The van der Waals surface area contributed by atoms with Crippen molar-refractivity contribution in [1.82, 2.24) is 0 Å². The summed E-state index contributed by atoms with van der Waals surface area (Å²) in [4.78, 5) is 13.8. The van der Waals surface area contributed by atoms with Crippen molar-refractivity contribution in [3.63, 3.8) is 0 Å². The van der Waals surface area contributed by atoms with E-state index in [2.05, 4.69) is 13.5 Å². The van der Waals surface area contributed by atoms with Gasteiger partial charge in [-0.25, -0.2) is 0 Å². The monoisotopic (exact) mass is 370 g/mol. The van der Waals surface area contributed by atoms with E-state index >= 15 is 0 Å². The van der Waals surface area contributed by atoms with Crippen molar-refractivity contribution in [2.75, 3.05) is 13.7 Å². The Balaban J connectivity index is 1.78. The van der Waals surface area contributed by atoms with Gasteiger partial charge in [-0.2, -0.15) is 0 Å². The summed E-state index contributed by atoms with van der Waals surface area (Å²) in [5.74, 6) is -2.14. The molecule has 3 saturated carbocycles. The minimum atomic E-state index is -1.58. The molecule has 2 N–H and O–H groups in total. The molecule has 2 bridgehead atoms. The van der Waals surface area contributed by atoms with Gasteiger partial charge in [0, 0.05) is 31.5 Å². The number of ether oxygens (including phenoxy) is 1. The minimum absolute atomic E-state index is 0.0518. The second-order valence-electron chi connectivity index (χ2n) is 8.80. The first kappa shape index (κ1) is 18.9. The van der Waals surface area contributed by atoms with Crippen molar-refractivity contribution in [3.8, 4) is 0 Å². The Hall–Kier alpha value is -1.49. The fourth-order valence-electron chi connectivity index (χ4n) is 7.05. The zero-order chi connectivity index (χ0) is 19.4. The lowest BCUT2D eigenvalue weighted by molar-refractivity contribution is -0.265. The molecule has 3 aliphatic rings. The summed E-state index contributed by atoms with van der Waals surface area (Å²) >= 11 is 0. The Bertz CT molecular complexity index is 759. The molecule has 0 heterocycles. The molecule has 4 nitrogen and oxygen atoms in total. The standard InChI is InChI=1S/C23H30O4/c1-15-20-17(14-24)18-10-7-13-21(15,2)22(18,23(20,26)27-3)19(25)12-11-16-8-5-4-6-9-16/h4-6,8-9,17-18,20,24,26H,1,7,10-14H2,2-3H3/t17-,18+,20+,21+,22-,23-/m1/s1. The number of hydrogen-bond acceptors (Lipinski definition) is 4. The van der Waals surface area contributed by atoms with Crippen LogP contribution in [0.5, 0.6) is 0 Å². The van der Waals surface area contributed by atoms with Gasteiger partial charge < -0.3 is 14.9 Å². The van der Waals surface area contributed by atoms with Crippen LogP contribution >= 0.6 is 0 Å². The second kappa shape index (κ2) is 6.26. The summed E-state index contributed by atoms with van der Waals surface area (Å²) in [6, 6.07) is 9.97. The number of rotatable bonds is 6. The Morgan fingerprint density at radius 2 is 2.04 bits per heavy atom. The maximum absolute atomic E-state index is 13.8. The highest BCUT2D eigenvalue weighted by Crippen LogP contribution is 2.79. The largest absolute Gasteiger partial charge is 0.396 e. The summed E-state index contributed by atoms with van der Waals surface area (Å²) < 4.78 is 5.73. The van der Waals surface area contributed by atoms with Crippen LogP contribution in [0.2, 0.25) is 0 Å². The van der Waals surface area contributed by atoms with E-state index in [0.717, 1.165) is 30.4 Å². The van der Waals surface area contributed by atoms with Crippen LogP contribution in [0.4, 0.5) is 0 Å². The molecule has 1 aromatic rings. The van der Waals surface area contributed by atoms with Crippen LogP contribution in [-0.2, 0) is 16.0 Å². The number of ketones is 1. The molecule has 0 unspecified atom stereocenters. The highest BCUT2D eigenvalue weighted by molar-refractivity contribution is 5.90. The van der Waals surface area contributed by atoms with Gasteiger partial charge in [-0.05, 0) is 36.7 Å². The third-order valence-electron chi connectivity index (χ3n) is 8.08. The smallest absolute Gasteiger partial charge is 0.185 e. The first-order valence-electron chi connectivity index (χ1n) is 10.0. The van der Waals surface area contributed by atoms with E-state index in [1.807, 2.05) is 30.3 Å². The predicted molar refractivity (Wildman–Crippen MR) is 103 cm³/mol. The van der Waals surface area contributed by atoms with Gasteiger partial charge in [0.25, 0.3) is 0 Å². The molecule has 6 atom stereocenters. The molecule has 1 aromatic carbocycles. The van der Waals surface area contributed by atoms with Crippen molar-refractivity contribution in [1.29, 1.82) is 0 Å². The number of aryl methyl sites for hydroxylation is 1. The highest BCUT2D eigenvalue weighted by atomic mass is 16.6. The molecular weight excluding hydrogens is 340 g/mol. The van der Waals surface area contributed by atoms with Crippen LogP contribution in [0.25, 0.3) is 0 Å². The van der Waals surface area contributed by atoms with E-state index in [9.17, 15) is 15.0 Å². The van der Waals surface area contributed by atoms with E-state index in [4.69, 9.17) is 4.74 Å². The van der Waals surface area contributed by atoms with Gasteiger partial charge in [-0.3, -0.25) is 4.79 Å². The van der Waals surface area contributed by atoms with E-state index in [1.165, 1.54) is 7.11 Å². The molecule has 0 aliphatic heterocycles. The summed E-state index contributed by atoms with van der Waals surface area (Å²) in [7, 11) is 1.49. The minimum Gasteiger partial charge on any atom is -0.396 e. The SMILES string of the molecule is C=C1[C@H]2[C@H](CO)[C@@H]3CCC[C@]1(C)[C@@]3(C(=O)CCc1ccccc1)[C@]2(O)OC. The molecule has 4 rings (SSSR count). The highest BCUT2D eigenvalue weighted by Gasteiger charge is 2.84. The third kappa shape index (κ3) is 2.07. The Morgan fingerprint density at radius 1 is 1.33 bits per heavy atom. The summed E-state index contributed by atoms with van der Waals surface area (Å²) in [5, 5.41) is 21.9. The molecule has 146 valence electrons. The maximum atomic E-state index is 13.8. The van der Waals surface area contributed by atoms with Crippen LogP contribution in [0.15, 0.2) is 42.5 Å². The normalized spacial score (nSPS) is 42.5. The topological polar surface area (TPSA) is 66.8 Å². The number of fused-ring (bicyclic) bond motifs is 1. The van der Waals surface area contributed by atoms with Crippen molar-refractivity contribution in [3.05, 3.63) is 48.0 Å². The maximum Gasteiger partial charge on any atom is 0.185 e. The lowest BCUT2D eigenvalue weighted by Crippen LogP contribution is -2.61. The van der Waals surface area contributed by atoms with E-state index in [1.54, 1.807) is 0 Å². The molecule has 27 heavy (non-hydrogen) atoms. The molecule has 0 saturated heterocycles. The van der Waals surface area contributed by atoms with Crippen molar-refractivity contribution in [2.45, 2.75) is 44.8 Å². The summed E-state index contributed by atoms with van der Waals surface area (Å²) in [6.07, 6.45) is 3.66. The first-order valence-corrected chi connectivity index (χ1v) is 10.0. The Morgan fingerprint density at radius 3 is 2.67 bits per heavy atom. The van der Waals surface area contributed by atoms with Gasteiger partial charge in [-0.15, -0.1) is 0 Å². The average molecular weight is 370 g/mol. The number of benzene rings is 1. The molecule has 4 heteroatoms. The van der Waals surface area contributed by atoms with E-state index in [0.29, 0.717) is 12.8 Å². The molecule has 0 spiro atoms. The lowest BCUT2D eigenvalue weighted by atomic mass is 9.47. The summed E-state index contributed by atoms with van der Waals surface area (Å²) in [6.45, 7) is 6.34. The van der Waals surface area contributed by atoms with Gasteiger partial charge in [0.1, 0.15) is 5.78 Å². The molecular formula is C23H30O4. The molecule has 0 aromatic heterocycles. The van der Waals surface area contributed by atoms with Crippen molar-refractivity contribution < 1.29 is 19.7 Å². The van der Waals surface area contributed by atoms with Gasteiger partial charge in [0.15, 0.2) is 5.79 Å². The lowest BCUT2D eigenvalue weighted by Gasteiger charge is -2.55. The predicted octanol–water partition coefficient (Wildman–Crippen LogP) is 3.12. The van der Waals surface area contributed by atoms with Crippen LogP contribution in [-0.4, -0.2) is 35.5 Å². The third-order valence-corrected chi connectivity index (χ3v) is 8.08. The summed E-state index contributed by atoms with van der Waals surface area (Å²) in [5.41, 5.74) is 0.500. The zero-order valence-corrected chi connectivity index (χ0v) is 16.3.